The normalized spacial score (nSPS) is 20.7. The van der Waals surface area contributed by atoms with Gasteiger partial charge < -0.3 is 34.3 Å². The summed E-state index contributed by atoms with van der Waals surface area (Å²) in [7, 11) is -4.62. The number of rotatable bonds is 37. The molecule has 0 aliphatic carbocycles. The van der Waals surface area contributed by atoms with E-state index in [1.807, 2.05) is 12.2 Å². The van der Waals surface area contributed by atoms with Gasteiger partial charge in [0.2, 0.25) is 0 Å². The summed E-state index contributed by atoms with van der Waals surface area (Å²) in [6.07, 6.45) is 38.1. The first-order valence-corrected chi connectivity index (χ1v) is 24.6. The summed E-state index contributed by atoms with van der Waals surface area (Å²) in [6.45, 7) is 3.64. The average molecular weight is 881 g/mol. The van der Waals surface area contributed by atoms with Crippen molar-refractivity contribution in [1.82, 2.24) is 0 Å². The van der Waals surface area contributed by atoms with E-state index in [1.165, 1.54) is 51.4 Å². The Labute approximate surface area is 368 Å². The first-order chi connectivity index (χ1) is 29.5. The highest BCUT2D eigenvalue weighted by Crippen LogP contribution is 2.24. The molecule has 0 spiro atoms. The molecule has 0 aromatic heterocycles. The molecule has 0 aromatic carbocycles. The Kier molecular flexibility index (Phi) is 34.6. The minimum Gasteiger partial charge on any atom is -0.462 e. The van der Waals surface area contributed by atoms with E-state index in [2.05, 4.69) is 74.6 Å². The third kappa shape index (κ3) is 32.4. The molecule has 1 fully saturated rings. The fourth-order valence-corrected chi connectivity index (χ4v) is 7.11. The second-order valence-corrected chi connectivity index (χ2v) is 17.2. The van der Waals surface area contributed by atoms with Crippen LogP contribution in [0.1, 0.15) is 162 Å². The van der Waals surface area contributed by atoms with E-state index in [0.717, 1.165) is 64.2 Å². The van der Waals surface area contributed by atoms with Crippen LogP contribution in [-0.2, 0) is 38.7 Å². The lowest BCUT2D eigenvalue weighted by Crippen LogP contribution is -2.60. The van der Waals surface area contributed by atoms with E-state index in [9.17, 15) is 37.9 Å². The molecule has 4 N–H and O–H groups in total. The number of esters is 2. The third-order valence-corrected chi connectivity index (χ3v) is 10.8. The minimum absolute atomic E-state index is 0.0360. The highest BCUT2D eigenvalue weighted by molar-refractivity contribution is 7.85. The van der Waals surface area contributed by atoms with Gasteiger partial charge in [-0.2, -0.15) is 8.42 Å². The summed E-state index contributed by atoms with van der Waals surface area (Å²) in [5.74, 6) is -2.11. The van der Waals surface area contributed by atoms with Crippen molar-refractivity contribution < 1.29 is 56.8 Å². The monoisotopic (exact) mass is 881 g/mol. The molecule has 6 atom stereocenters. The number of unbranched alkanes of at least 4 members (excludes halogenated alkanes) is 13. The molecule has 2 unspecified atom stereocenters. The number of hydrogen-bond acceptors (Lipinski definition) is 11. The van der Waals surface area contributed by atoms with Crippen LogP contribution >= 0.6 is 0 Å². The van der Waals surface area contributed by atoms with Crippen LogP contribution in [0.2, 0.25) is 0 Å². The predicted octanol–water partition coefficient (Wildman–Crippen LogP) is 9.50. The molecule has 1 aliphatic rings. The van der Waals surface area contributed by atoms with Gasteiger partial charge in [-0.25, -0.2) is 0 Å². The van der Waals surface area contributed by atoms with Gasteiger partial charge in [-0.15, -0.1) is 0 Å². The van der Waals surface area contributed by atoms with Gasteiger partial charge in [0, 0.05) is 12.8 Å². The molecule has 1 aliphatic heterocycles. The Bertz CT molecular complexity index is 1400. The number of carbonyl (C=O) groups excluding carboxylic acids is 2. The number of aliphatic hydroxyl groups is 3. The topological polar surface area (TPSA) is 186 Å². The molecule has 350 valence electrons. The second-order valence-electron chi connectivity index (χ2n) is 15.7. The molecule has 0 saturated carbocycles. The quantitative estimate of drug-likeness (QED) is 0.0201. The van der Waals surface area contributed by atoms with E-state index in [4.69, 9.17) is 18.9 Å². The zero-order valence-electron chi connectivity index (χ0n) is 37.2. The number of ether oxygens (including phenoxy) is 4. The van der Waals surface area contributed by atoms with E-state index in [1.54, 1.807) is 0 Å². The Morgan fingerprint density at radius 3 is 1.57 bits per heavy atom. The van der Waals surface area contributed by atoms with E-state index in [-0.39, 0.29) is 19.4 Å². The summed E-state index contributed by atoms with van der Waals surface area (Å²) < 4.78 is 54.0. The first-order valence-electron chi connectivity index (χ1n) is 23.0. The number of allylic oxidation sites excluding steroid dienone is 12. The summed E-state index contributed by atoms with van der Waals surface area (Å²) in [5, 5.41) is 30.9. The van der Waals surface area contributed by atoms with Crippen LogP contribution in [0.4, 0.5) is 0 Å². The zero-order chi connectivity index (χ0) is 44.8. The summed E-state index contributed by atoms with van der Waals surface area (Å²) >= 11 is 0. The molecule has 0 amide bonds. The molecular weight excluding hydrogens is 801 g/mol. The van der Waals surface area contributed by atoms with Crippen LogP contribution in [0.25, 0.3) is 0 Å². The van der Waals surface area contributed by atoms with Gasteiger partial charge in [0.05, 0.1) is 6.61 Å². The smallest absolute Gasteiger partial charge is 0.306 e. The van der Waals surface area contributed by atoms with E-state index < -0.39 is 71.2 Å². The predicted molar refractivity (Wildman–Crippen MR) is 242 cm³/mol. The Hall–Kier alpha value is -2.91. The van der Waals surface area contributed by atoms with E-state index >= 15 is 0 Å². The van der Waals surface area contributed by atoms with Crippen LogP contribution in [0.5, 0.6) is 0 Å². The van der Waals surface area contributed by atoms with Gasteiger partial charge in [0.1, 0.15) is 36.8 Å². The van der Waals surface area contributed by atoms with Crippen molar-refractivity contribution in [3.63, 3.8) is 0 Å². The fraction of sp³-hybridized carbons (Fsp3) is 0.708. The zero-order valence-corrected chi connectivity index (χ0v) is 38.1. The Morgan fingerprint density at radius 2 is 1.02 bits per heavy atom. The van der Waals surface area contributed by atoms with Gasteiger partial charge >= 0.3 is 11.9 Å². The van der Waals surface area contributed by atoms with Crippen molar-refractivity contribution in [3.8, 4) is 0 Å². The third-order valence-electron chi connectivity index (χ3n) is 10.0. The molecular formula is C48H80O12S. The maximum atomic E-state index is 12.8. The number of hydrogen-bond donors (Lipinski definition) is 4. The molecule has 1 rings (SSSR count). The molecule has 61 heavy (non-hydrogen) atoms. The van der Waals surface area contributed by atoms with Crippen LogP contribution < -0.4 is 0 Å². The van der Waals surface area contributed by atoms with E-state index in [0.29, 0.717) is 19.3 Å². The van der Waals surface area contributed by atoms with Gasteiger partial charge in [0.15, 0.2) is 12.4 Å². The maximum absolute atomic E-state index is 12.8. The molecule has 1 saturated heterocycles. The van der Waals surface area contributed by atoms with Crippen LogP contribution in [0.15, 0.2) is 72.9 Å². The summed E-state index contributed by atoms with van der Waals surface area (Å²) in [4.78, 5) is 25.4. The lowest BCUT2D eigenvalue weighted by Gasteiger charge is -2.40. The number of aliphatic hydroxyl groups excluding tert-OH is 3. The second kappa shape index (κ2) is 37.6. The Morgan fingerprint density at radius 1 is 0.557 bits per heavy atom. The van der Waals surface area contributed by atoms with Crippen molar-refractivity contribution >= 4 is 22.1 Å². The largest absolute Gasteiger partial charge is 0.462 e. The summed E-state index contributed by atoms with van der Waals surface area (Å²) in [6, 6.07) is 0. The van der Waals surface area contributed by atoms with Crippen LogP contribution in [-0.4, -0.2) is 96.0 Å². The molecule has 13 heteroatoms. The van der Waals surface area contributed by atoms with Gasteiger partial charge in [-0.05, 0) is 77.0 Å². The van der Waals surface area contributed by atoms with Gasteiger partial charge in [-0.1, -0.05) is 145 Å². The molecule has 1 heterocycles. The average Bonchev–Trinajstić information content (AvgIpc) is 3.22. The van der Waals surface area contributed by atoms with Crippen molar-refractivity contribution in [3.05, 3.63) is 72.9 Å². The highest BCUT2D eigenvalue weighted by Gasteiger charge is 2.46. The van der Waals surface area contributed by atoms with Crippen LogP contribution in [0.3, 0.4) is 0 Å². The first kappa shape index (κ1) is 56.1. The maximum Gasteiger partial charge on any atom is 0.306 e. The molecule has 0 bridgehead atoms. The standard InChI is InChI=1S/C48H80O12S/c1-3-5-7-9-11-13-15-17-19-20-21-22-23-25-27-29-31-33-35-37-44(50)59-41(39-58-48-47(53)46(52)45(51)42(60-48)40-61(54,55)56)38-57-43(49)36-34-32-30-28-26-24-18-16-14-12-10-8-6-4-2/h11,13,16-19,21-22,25,27,31,33,41-42,45-48,51-53H,3-10,12,14-15,20,23-24,26,28-30,32,34-40H2,1-2H3,(H,54,55,56)/b13-11+,18-16+,19-17+,22-21+,27-25+,33-31+/t41-,42-,45-,46?,47?,48+/m1/s1. The lowest BCUT2D eigenvalue weighted by molar-refractivity contribution is -0.297. The van der Waals surface area contributed by atoms with Crippen LogP contribution in [0, 0.1) is 0 Å². The minimum atomic E-state index is -4.62. The molecule has 12 nitrogen and oxygen atoms in total. The molecule has 0 aromatic rings. The fourth-order valence-electron chi connectivity index (χ4n) is 6.42. The SMILES string of the molecule is CCCCC/C=C/C/C=C/C/C=C/C/C=C/C/C=C/CCC(=O)O[C@H](COC(=O)CCCCCCC/C=C/CCCCCCC)CO[C@H]1O[C@H](CS(=O)(=O)O)[C@@H](O)C(O)C1O. The van der Waals surface area contributed by atoms with Gasteiger partial charge in [0.25, 0.3) is 10.1 Å². The lowest BCUT2D eigenvalue weighted by atomic mass is 10.00. The van der Waals surface area contributed by atoms with Crippen molar-refractivity contribution in [2.45, 2.75) is 198 Å². The Balaban J connectivity index is 2.52. The van der Waals surface area contributed by atoms with Crippen molar-refractivity contribution in [1.29, 1.82) is 0 Å². The summed E-state index contributed by atoms with van der Waals surface area (Å²) in [5.41, 5.74) is 0. The van der Waals surface area contributed by atoms with Crippen molar-refractivity contribution in [2.75, 3.05) is 19.0 Å². The molecule has 0 radical (unpaired) electrons. The van der Waals surface area contributed by atoms with Gasteiger partial charge in [-0.3, -0.25) is 14.1 Å². The number of carbonyl (C=O) groups is 2. The highest BCUT2D eigenvalue weighted by atomic mass is 32.2. The van der Waals surface area contributed by atoms with Crippen molar-refractivity contribution in [2.24, 2.45) is 0 Å².